The molecule has 2 N–H and O–H groups in total. The van der Waals surface area contributed by atoms with E-state index in [0.717, 1.165) is 25.0 Å². The second kappa shape index (κ2) is 8.56. The topological polar surface area (TPSA) is 58.2 Å². The Balaban J connectivity index is 1.86. The van der Waals surface area contributed by atoms with Crippen LogP contribution in [-0.2, 0) is 16.0 Å². The summed E-state index contributed by atoms with van der Waals surface area (Å²) in [6.07, 6.45) is 1.55. The van der Waals surface area contributed by atoms with Crippen molar-refractivity contribution in [1.29, 1.82) is 0 Å². The van der Waals surface area contributed by atoms with Gasteiger partial charge in [0.25, 0.3) is 0 Å². The molecule has 2 rings (SSSR count). The molecule has 138 valence electrons. The van der Waals surface area contributed by atoms with Gasteiger partial charge in [-0.2, -0.15) is 0 Å². The molecule has 0 heterocycles. The molecule has 0 atom stereocenters. The first-order chi connectivity index (χ1) is 12.3. The van der Waals surface area contributed by atoms with Gasteiger partial charge in [-0.3, -0.25) is 9.59 Å². The summed E-state index contributed by atoms with van der Waals surface area (Å²) in [5, 5.41) is 5.06. The van der Waals surface area contributed by atoms with Gasteiger partial charge in [-0.1, -0.05) is 30.3 Å². The molecule has 0 aromatic heterocycles. The van der Waals surface area contributed by atoms with E-state index in [4.69, 9.17) is 0 Å². The van der Waals surface area contributed by atoms with Gasteiger partial charge in [0.2, 0.25) is 11.8 Å². The van der Waals surface area contributed by atoms with Crippen LogP contribution in [0.4, 0.5) is 14.5 Å². The Morgan fingerprint density at radius 3 is 2.35 bits per heavy atom. The highest BCUT2D eigenvalue weighted by atomic mass is 19.1. The molecule has 0 spiro atoms. The first-order valence-electron chi connectivity index (χ1n) is 8.39. The summed E-state index contributed by atoms with van der Waals surface area (Å²) in [6.45, 7) is 3.34. The Labute approximate surface area is 151 Å². The van der Waals surface area contributed by atoms with Crippen molar-refractivity contribution in [2.24, 2.45) is 5.41 Å². The fraction of sp³-hybridized carbons (Fsp3) is 0.300. The van der Waals surface area contributed by atoms with Crippen LogP contribution in [0.2, 0.25) is 0 Å². The molecule has 0 aliphatic heterocycles. The Bertz CT molecular complexity index is 777. The van der Waals surface area contributed by atoms with E-state index in [1.54, 1.807) is 0 Å². The molecule has 26 heavy (non-hydrogen) atoms. The molecule has 0 saturated carbocycles. The predicted molar refractivity (Wildman–Crippen MR) is 96.5 cm³/mol. The molecule has 0 aliphatic carbocycles. The first kappa shape index (κ1) is 19.6. The Kier molecular flexibility index (Phi) is 6.44. The summed E-state index contributed by atoms with van der Waals surface area (Å²) in [5.74, 6) is -2.75. The van der Waals surface area contributed by atoms with Crippen molar-refractivity contribution < 1.29 is 18.4 Å². The van der Waals surface area contributed by atoms with Crippen LogP contribution in [0.5, 0.6) is 0 Å². The number of hydrogen-bond acceptors (Lipinski definition) is 2. The van der Waals surface area contributed by atoms with Crippen LogP contribution in [0.1, 0.15) is 25.8 Å². The summed E-state index contributed by atoms with van der Waals surface area (Å²) in [4.78, 5) is 24.7. The lowest BCUT2D eigenvalue weighted by molar-refractivity contribution is -0.138. The smallest absolute Gasteiger partial charge is 0.239 e. The van der Waals surface area contributed by atoms with E-state index in [1.807, 2.05) is 30.3 Å². The highest BCUT2D eigenvalue weighted by Gasteiger charge is 2.36. The highest BCUT2D eigenvalue weighted by Crippen LogP contribution is 2.21. The van der Waals surface area contributed by atoms with E-state index in [0.29, 0.717) is 12.6 Å². The minimum atomic E-state index is -1.40. The minimum absolute atomic E-state index is 0.165. The van der Waals surface area contributed by atoms with Crippen LogP contribution in [0.15, 0.2) is 48.5 Å². The highest BCUT2D eigenvalue weighted by molar-refractivity contribution is 6.09. The number of aryl methyl sites for hydroxylation is 1. The van der Waals surface area contributed by atoms with Crippen molar-refractivity contribution in [3.8, 4) is 0 Å². The monoisotopic (exact) mass is 360 g/mol. The molecule has 4 nitrogen and oxygen atoms in total. The number of anilines is 1. The molecule has 2 aromatic carbocycles. The van der Waals surface area contributed by atoms with Gasteiger partial charge in [0.05, 0.1) is 5.69 Å². The number of benzene rings is 2. The zero-order valence-electron chi connectivity index (χ0n) is 14.8. The minimum Gasteiger partial charge on any atom is -0.355 e. The van der Waals surface area contributed by atoms with Gasteiger partial charge in [0, 0.05) is 12.6 Å². The van der Waals surface area contributed by atoms with Gasteiger partial charge >= 0.3 is 0 Å². The van der Waals surface area contributed by atoms with Gasteiger partial charge in [-0.05, 0) is 44.4 Å². The van der Waals surface area contributed by atoms with Crippen LogP contribution in [-0.4, -0.2) is 18.4 Å². The van der Waals surface area contributed by atoms with Gasteiger partial charge < -0.3 is 10.6 Å². The molecule has 2 amide bonds. The molecular formula is C20H22F2N2O2. The molecule has 0 aliphatic rings. The van der Waals surface area contributed by atoms with Crippen molar-refractivity contribution >= 4 is 17.5 Å². The number of carbonyl (C=O) groups excluding carboxylic acids is 2. The molecule has 6 heteroatoms. The van der Waals surface area contributed by atoms with Gasteiger partial charge in [-0.25, -0.2) is 8.78 Å². The number of amides is 2. The van der Waals surface area contributed by atoms with Crippen molar-refractivity contribution in [3.05, 3.63) is 65.7 Å². The number of nitrogens with one attached hydrogen (secondary N) is 2. The van der Waals surface area contributed by atoms with E-state index in [9.17, 15) is 18.4 Å². The van der Waals surface area contributed by atoms with Crippen molar-refractivity contribution in [2.75, 3.05) is 11.9 Å². The van der Waals surface area contributed by atoms with E-state index in [1.165, 1.54) is 19.4 Å². The largest absolute Gasteiger partial charge is 0.355 e. The second-order valence-corrected chi connectivity index (χ2v) is 6.55. The van der Waals surface area contributed by atoms with Crippen LogP contribution in [0.25, 0.3) is 0 Å². The van der Waals surface area contributed by atoms with E-state index in [2.05, 4.69) is 10.6 Å². The van der Waals surface area contributed by atoms with Gasteiger partial charge in [0.15, 0.2) is 0 Å². The summed E-state index contributed by atoms with van der Waals surface area (Å²) < 4.78 is 26.6. The average molecular weight is 360 g/mol. The standard InChI is InChI=1S/C20H22F2N2O2/c1-20(2,19(26)24-17-11-10-15(21)13-16(17)22)18(25)23-12-6-9-14-7-4-3-5-8-14/h3-5,7-8,10-11,13H,6,9,12H2,1-2H3,(H,23,25)(H,24,26). The third kappa shape index (κ3) is 5.12. The molecule has 0 radical (unpaired) electrons. The third-order valence-corrected chi connectivity index (χ3v) is 4.09. The summed E-state index contributed by atoms with van der Waals surface area (Å²) in [5.41, 5.74) is -0.389. The van der Waals surface area contributed by atoms with Crippen molar-refractivity contribution in [1.82, 2.24) is 5.32 Å². The second-order valence-electron chi connectivity index (χ2n) is 6.55. The third-order valence-electron chi connectivity index (χ3n) is 4.09. The van der Waals surface area contributed by atoms with E-state index < -0.39 is 28.9 Å². The van der Waals surface area contributed by atoms with E-state index >= 15 is 0 Å². The van der Waals surface area contributed by atoms with Crippen LogP contribution < -0.4 is 10.6 Å². The molecular weight excluding hydrogens is 338 g/mol. The van der Waals surface area contributed by atoms with Gasteiger partial charge in [0.1, 0.15) is 17.0 Å². The molecule has 0 bridgehead atoms. The van der Waals surface area contributed by atoms with Crippen molar-refractivity contribution in [3.63, 3.8) is 0 Å². The number of rotatable bonds is 7. The molecule has 0 fully saturated rings. The number of halogens is 2. The zero-order chi connectivity index (χ0) is 19.2. The zero-order valence-corrected chi connectivity index (χ0v) is 14.8. The fourth-order valence-electron chi connectivity index (χ4n) is 2.33. The molecule has 0 saturated heterocycles. The normalized spacial score (nSPS) is 11.1. The molecule has 0 unspecified atom stereocenters. The summed E-state index contributed by atoms with van der Waals surface area (Å²) in [6, 6.07) is 12.7. The lowest BCUT2D eigenvalue weighted by Crippen LogP contribution is -2.45. The summed E-state index contributed by atoms with van der Waals surface area (Å²) in [7, 11) is 0. The molecule has 2 aromatic rings. The lowest BCUT2D eigenvalue weighted by atomic mass is 9.90. The Morgan fingerprint density at radius 2 is 1.69 bits per heavy atom. The Morgan fingerprint density at radius 1 is 1.00 bits per heavy atom. The fourth-order valence-corrected chi connectivity index (χ4v) is 2.33. The van der Waals surface area contributed by atoms with Crippen LogP contribution in [0.3, 0.4) is 0 Å². The number of carbonyl (C=O) groups is 2. The maximum atomic E-state index is 13.7. The summed E-state index contributed by atoms with van der Waals surface area (Å²) >= 11 is 0. The predicted octanol–water partition coefficient (Wildman–Crippen LogP) is 3.68. The SMILES string of the molecule is CC(C)(C(=O)NCCCc1ccccc1)C(=O)Nc1ccc(F)cc1F. The average Bonchev–Trinajstić information content (AvgIpc) is 2.61. The Hall–Kier alpha value is -2.76. The lowest BCUT2D eigenvalue weighted by Gasteiger charge is -2.23. The number of hydrogen-bond donors (Lipinski definition) is 2. The quantitative estimate of drug-likeness (QED) is 0.585. The van der Waals surface area contributed by atoms with Gasteiger partial charge in [-0.15, -0.1) is 0 Å². The maximum absolute atomic E-state index is 13.7. The van der Waals surface area contributed by atoms with Crippen LogP contribution >= 0.6 is 0 Å². The van der Waals surface area contributed by atoms with E-state index in [-0.39, 0.29) is 5.69 Å². The van der Waals surface area contributed by atoms with Crippen molar-refractivity contribution in [2.45, 2.75) is 26.7 Å². The maximum Gasteiger partial charge on any atom is 0.239 e. The first-order valence-corrected chi connectivity index (χ1v) is 8.39. The van der Waals surface area contributed by atoms with Crippen LogP contribution in [0, 0.1) is 17.0 Å².